The van der Waals surface area contributed by atoms with Gasteiger partial charge in [0, 0.05) is 0 Å². The van der Waals surface area contributed by atoms with Crippen molar-refractivity contribution in [2.75, 3.05) is 0 Å². The number of nitrogens with zero attached hydrogens (tertiary/aromatic N) is 6. The van der Waals surface area contributed by atoms with Crippen molar-refractivity contribution in [3.8, 4) is 0 Å². The van der Waals surface area contributed by atoms with Crippen LogP contribution in [0.4, 0.5) is 0 Å². The minimum atomic E-state index is -2.42. The number of aromatic nitrogens is 4. The molecule has 0 N–H and O–H groups in total. The maximum Gasteiger partial charge on any atom is 0.510 e. The molecule has 13 heavy (non-hydrogen) atoms. The summed E-state index contributed by atoms with van der Waals surface area (Å²) < 4.78 is 0. The molecule has 11 heteroatoms. The van der Waals surface area contributed by atoms with Gasteiger partial charge in [-0.2, -0.15) is 0 Å². The van der Waals surface area contributed by atoms with Gasteiger partial charge < -0.3 is 5.21 Å². The Kier molecular flexibility index (Phi) is 2.00. The smallest absolute Gasteiger partial charge is 0.510 e. The third-order valence-electron chi connectivity index (χ3n) is 1.09. The van der Waals surface area contributed by atoms with E-state index < -0.39 is 21.8 Å². The molecule has 11 nitrogen and oxygen atoms in total. The van der Waals surface area contributed by atoms with E-state index in [-0.39, 0.29) is 4.85 Å². The van der Waals surface area contributed by atoms with Crippen molar-refractivity contribution in [1.82, 2.24) is 20.4 Å². The van der Waals surface area contributed by atoms with Gasteiger partial charge in [0.05, 0.1) is 0 Å². The fourth-order valence-electron chi connectivity index (χ4n) is 0.602. The first kappa shape index (κ1) is 8.76. The molecule has 0 aliphatic carbocycles. The second kappa shape index (κ2) is 2.96. The van der Waals surface area contributed by atoms with Crippen molar-refractivity contribution in [1.29, 1.82) is 0 Å². The zero-order valence-electron chi connectivity index (χ0n) is 5.80. The van der Waals surface area contributed by atoms with Crippen LogP contribution < -0.4 is 0 Å². The number of rotatable bonds is 3. The monoisotopic (exact) mass is 189 g/mol. The van der Waals surface area contributed by atoms with Crippen molar-refractivity contribution in [3.63, 3.8) is 0 Å². The lowest BCUT2D eigenvalue weighted by atomic mass is 10.5. The van der Waals surface area contributed by atoms with Gasteiger partial charge in [-0.1, -0.05) is 5.10 Å². The summed E-state index contributed by atoms with van der Waals surface area (Å²) in [5, 5.41) is 39.1. The second-order valence-corrected chi connectivity index (χ2v) is 1.85. The molecule has 70 valence electrons. The van der Waals surface area contributed by atoms with E-state index in [0.717, 1.165) is 0 Å². The van der Waals surface area contributed by atoms with E-state index in [9.17, 15) is 25.4 Å². The fraction of sp³-hybridized carbons (Fsp3) is 0.500. The van der Waals surface area contributed by atoms with Crippen LogP contribution in [0.5, 0.6) is 0 Å². The summed E-state index contributed by atoms with van der Waals surface area (Å²) in [5.41, 5.74) is 0. The molecule has 0 spiro atoms. The van der Waals surface area contributed by atoms with Crippen LogP contribution in [0, 0.1) is 25.4 Å². The van der Waals surface area contributed by atoms with Gasteiger partial charge in [0.2, 0.25) is 0 Å². The molecule has 1 aromatic heterocycles. The molecule has 0 aliphatic rings. The first-order valence-electron chi connectivity index (χ1n) is 2.77. The van der Waals surface area contributed by atoms with Gasteiger partial charge in [-0.05, 0) is 10.4 Å². The van der Waals surface area contributed by atoms with Gasteiger partial charge >= 0.3 is 6.17 Å². The first-order valence-corrected chi connectivity index (χ1v) is 2.77. The average Bonchev–Trinajstić information content (AvgIpc) is 2.35. The number of hydrogen-bond donors (Lipinski definition) is 0. The van der Waals surface area contributed by atoms with Crippen LogP contribution >= 0.6 is 0 Å². The van der Waals surface area contributed by atoms with E-state index in [2.05, 4.69) is 15.5 Å². The van der Waals surface area contributed by atoms with Crippen LogP contribution in [0.1, 0.15) is 12.0 Å². The Bertz CT molecular complexity index is 331. The van der Waals surface area contributed by atoms with Crippen molar-refractivity contribution >= 4 is 0 Å². The van der Waals surface area contributed by atoms with Gasteiger partial charge in [0.15, 0.2) is 0 Å². The van der Waals surface area contributed by atoms with Crippen LogP contribution in [0.3, 0.4) is 0 Å². The van der Waals surface area contributed by atoms with Gasteiger partial charge in [-0.15, -0.1) is 0 Å². The SMILES string of the molecule is O=[N+]([O-])C(c1nnnn1[O-])[N+](=O)[O-]. The number of tetrazole rings is 1. The zero-order chi connectivity index (χ0) is 10.0. The molecule has 1 aromatic rings. The molecule has 0 saturated heterocycles. The summed E-state index contributed by atoms with van der Waals surface area (Å²) in [4.78, 5) is 17.3. The van der Waals surface area contributed by atoms with Gasteiger partial charge in [0.25, 0.3) is 5.82 Å². The predicted molar refractivity (Wildman–Crippen MR) is 33.3 cm³/mol. The molecule has 0 aliphatic heterocycles. The van der Waals surface area contributed by atoms with Crippen LogP contribution in [0.15, 0.2) is 0 Å². The lowest BCUT2D eigenvalue weighted by Gasteiger charge is -2.04. The van der Waals surface area contributed by atoms with E-state index in [1.54, 1.807) is 0 Å². The molecule has 0 bridgehead atoms. The Morgan fingerprint density at radius 2 is 1.85 bits per heavy atom. The number of nitro groups is 2. The van der Waals surface area contributed by atoms with Gasteiger partial charge in [-0.3, -0.25) is 20.2 Å². The highest BCUT2D eigenvalue weighted by atomic mass is 16.7. The molecule has 0 radical (unpaired) electrons. The lowest BCUT2D eigenvalue weighted by molar-refractivity contribution is -0.754. The molecule has 0 unspecified atom stereocenters. The Balaban J connectivity index is 3.09. The van der Waals surface area contributed by atoms with E-state index in [1.807, 2.05) is 0 Å². The van der Waals surface area contributed by atoms with Crippen molar-refractivity contribution in [2.45, 2.75) is 6.17 Å². The third-order valence-corrected chi connectivity index (χ3v) is 1.09. The van der Waals surface area contributed by atoms with E-state index in [1.165, 1.54) is 0 Å². The Hall–Kier alpha value is -2.33. The standard InChI is InChI=1S/C2HN6O5/c9-6-1(3-4-5-6)2(7(10)11)8(12)13/h2H/q-1. The molecule has 0 saturated carbocycles. The molecule has 0 fully saturated rings. The summed E-state index contributed by atoms with van der Waals surface area (Å²) in [6.07, 6.45) is -2.42. The predicted octanol–water partition coefficient (Wildman–Crippen LogP) is -1.43. The summed E-state index contributed by atoms with van der Waals surface area (Å²) in [6.45, 7) is 0. The van der Waals surface area contributed by atoms with Gasteiger partial charge in [-0.25, -0.2) is 4.85 Å². The van der Waals surface area contributed by atoms with Crippen LogP contribution in [0.25, 0.3) is 0 Å². The lowest BCUT2D eigenvalue weighted by Crippen LogP contribution is -2.23. The molecular formula is C2HN6O5-. The summed E-state index contributed by atoms with van der Waals surface area (Å²) in [5.74, 6) is -0.963. The minimum absolute atomic E-state index is 0.365. The Morgan fingerprint density at radius 3 is 2.15 bits per heavy atom. The molecule has 0 amide bonds. The highest BCUT2D eigenvalue weighted by Crippen LogP contribution is 2.11. The zero-order valence-corrected chi connectivity index (χ0v) is 5.80. The molecule has 1 heterocycles. The van der Waals surface area contributed by atoms with Crippen molar-refractivity contribution in [2.24, 2.45) is 0 Å². The van der Waals surface area contributed by atoms with E-state index in [4.69, 9.17) is 0 Å². The maximum atomic E-state index is 10.5. The average molecular weight is 189 g/mol. The highest BCUT2D eigenvalue weighted by molar-refractivity contribution is 4.83. The van der Waals surface area contributed by atoms with Crippen LogP contribution in [-0.2, 0) is 0 Å². The van der Waals surface area contributed by atoms with E-state index >= 15 is 0 Å². The number of hydrogen-bond acceptors (Lipinski definition) is 8. The third kappa shape index (κ3) is 1.47. The van der Waals surface area contributed by atoms with E-state index in [0.29, 0.717) is 0 Å². The molecular weight excluding hydrogens is 188 g/mol. The quantitative estimate of drug-likeness (QED) is 0.318. The van der Waals surface area contributed by atoms with Crippen molar-refractivity contribution < 1.29 is 9.85 Å². The first-order chi connectivity index (χ1) is 6.04. The Morgan fingerprint density at radius 1 is 1.31 bits per heavy atom. The highest BCUT2D eigenvalue weighted by Gasteiger charge is 2.39. The molecule has 0 aromatic carbocycles. The van der Waals surface area contributed by atoms with Crippen LogP contribution in [-0.4, -0.2) is 30.2 Å². The topological polar surface area (TPSA) is 153 Å². The van der Waals surface area contributed by atoms with Gasteiger partial charge in [0.1, 0.15) is 9.85 Å². The second-order valence-electron chi connectivity index (χ2n) is 1.85. The largest absolute Gasteiger partial charge is 0.787 e. The summed E-state index contributed by atoms with van der Waals surface area (Å²) >= 11 is 0. The Labute approximate surface area is 68.8 Å². The maximum absolute atomic E-state index is 10.5. The van der Waals surface area contributed by atoms with Crippen molar-refractivity contribution in [3.05, 3.63) is 31.3 Å². The molecule has 1 rings (SSSR count). The minimum Gasteiger partial charge on any atom is -0.787 e. The normalized spacial score (nSPS) is 10.2. The fourth-order valence-corrected chi connectivity index (χ4v) is 0.602. The van der Waals surface area contributed by atoms with Crippen LogP contribution in [0.2, 0.25) is 0 Å². The molecule has 0 atom stereocenters. The summed E-state index contributed by atoms with van der Waals surface area (Å²) in [7, 11) is 0. The summed E-state index contributed by atoms with van der Waals surface area (Å²) in [6, 6.07) is 0.